The van der Waals surface area contributed by atoms with Crippen LogP contribution in [0.2, 0.25) is 0 Å². The van der Waals surface area contributed by atoms with E-state index >= 15 is 0 Å². The number of rotatable bonds is 3. The molecule has 0 saturated carbocycles. The molecule has 1 fully saturated rings. The molecule has 1 aliphatic heterocycles. The van der Waals surface area contributed by atoms with Gasteiger partial charge in [0, 0.05) is 0 Å². The van der Waals surface area contributed by atoms with Crippen molar-refractivity contribution in [1.82, 2.24) is 0 Å². The van der Waals surface area contributed by atoms with Crippen LogP contribution in [0.15, 0.2) is 0 Å². The molecule has 6 heteroatoms. The summed E-state index contributed by atoms with van der Waals surface area (Å²) in [7, 11) is 0. The Bertz CT molecular complexity index is 180. The SMILES string of the molecule is O=C1OCCC1COS(=O)O. The Balaban J connectivity index is 2.26. The van der Waals surface area contributed by atoms with Crippen molar-refractivity contribution in [3.8, 4) is 0 Å². The summed E-state index contributed by atoms with van der Waals surface area (Å²) in [6, 6.07) is 0. The van der Waals surface area contributed by atoms with Gasteiger partial charge < -0.3 is 4.74 Å². The molecule has 1 rings (SSSR count). The minimum absolute atomic E-state index is 0.0397. The fraction of sp³-hybridized carbons (Fsp3) is 0.800. The molecule has 0 aliphatic carbocycles. The van der Waals surface area contributed by atoms with E-state index in [1.165, 1.54) is 0 Å². The maximum Gasteiger partial charge on any atom is 0.311 e. The molecule has 1 heterocycles. The smallest absolute Gasteiger partial charge is 0.311 e. The molecule has 5 nitrogen and oxygen atoms in total. The van der Waals surface area contributed by atoms with Crippen molar-refractivity contribution in [2.24, 2.45) is 5.92 Å². The number of hydrogen-bond donors (Lipinski definition) is 1. The summed E-state index contributed by atoms with van der Waals surface area (Å²) in [6.07, 6.45) is 0.566. The van der Waals surface area contributed by atoms with E-state index in [4.69, 9.17) is 4.55 Å². The van der Waals surface area contributed by atoms with Gasteiger partial charge in [0.25, 0.3) is 0 Å². The lowest BCUT2D eigenvalue weighted by atomic mass is 10.1. The number of carbonyl (C=O) groups is 1. The Morgan fingerprint density at radius 3 is 3.00 bits per heavy atom. The molecule has 0 bridgehead atoms. The molecular formula is C5H8O5S. The molecular weight excluding hydrogens is 172 g/mol. The van der Waals surface area contributed by atoms with Gasteiger partial charge in [0.2, 0.25) is 0 Å². The Labute approximate surface area is 66.2 Å². The van der Waals surface area contributed by atoms with Gasteiger partial charge in [-0.2, -0.15) is 4.21 Å². The predicted molar refractivity (Wildman–Crippen MR) is 35.8 cm³/mol. The molecule has 0 spiro atoms. The average Bonchev–Trinajstić information content (AvgIpc) is 2.31. The van der Waals surface area contributed by atoms with Crippen LogP contribution in [0.4, 0.5) is 0 Å². The van der Waals surface area contributed by atoms with Crippen LogP contribution in [0.25, 0.3) is 0 Å². The van der Waals surface area contributed by atoms with E-state index in [1.54, 1.807) is 0 Å². The number of cyclic esters (lactones) is 1. The standard InChI is InChI=1S/C5H8O5S/c6-5-4(1-2-9-5)3-10-11(7)8/h4H,1-3H2,(H,7,8). The van der Waals surface area contributed by atoms with E-state index in [9.17, 15) is 9.00 Å². The van der Waals surface area contributed by atoms with Gasteiger partial charge in [-0.05, 0) is 6.42 Å². The first-order chi connectivity index (χ1) is 5.20. The molecule has 2 unspecified atom stereocenters. The molecule has 1 N–H and O–H groups in total. The van der Waals surface area contributed by atoms with Gasteiger partial charge in [-0.25, -0.2) is 0 Å². The summed E-state index contributed by atoms with van der Waals surface area (Å²) in [6.45, 7) is 0.340. The normalized spacial score (nSPS) is 26.6. The monoisotopic (exact) mass is 180 g/mol. The quantitative estimate of drug-likeness (QED) is 0.477. The maximum absolute atomic E-state index is 10.7. The van der Waals surface area contributed by atoms with Gasteiger partial charge in [0.1, 0.15) is 0 Å². The lowest BCUT2D eigenvalue weighted by Crippen LogP contribution is -2.15. The zero-order valence-electron chi connectivity index (χ0n) is 5.69. The summed E-state index contributed by atoms with van der Waals surface area (Å²) in [5.74, 6) is -0.721. The third-order valence-corrected chi connectivity index (χ3v) is 1.75. The third-order valence-electron chi connectivity index (χ3n) is 1.41. The molecule has 2 atom stereocenters. The molecule has 64 valence electrons. The van der Waals surface area contributed by atoms with E-state index in [0.29, 0.717) is 13.0 Å². The Morgan fingerprint density at radius 2 is 2.55 bits per heavy atom. The fourth-order valence-electron chi connectivity index (χ4n) is 0.829. The van der Waals surface area contributed by atoms with Gasteiger partial charge in [-0.1, -0.05) is 0 Å². The van der Waals surface area contributed by atoms with E-state index in [-0.39, 0.29) is 18.5 Å². The van der Waals surface area contributed by atoms with E-state index < -0.39 is 11.4 Å². The summed E-state index contributed by atoms with van der Waals surface area (Å²) in [5, 5.41) is 0. The van der Waals surface area contributed by atoms with Crippen LogP contribution in [-0.4, -0.2) is 27.9 Å². The first kappa shape index (κ1) is 8.63. The predicted octanol–water partition coefficient (Wildman–Crippen LogP) is -0.297. The molecule has 1 saturated heterocycles. The van der Waals surface area contributed by atoms with Crippen molar-refractivity contribution >= 4 is 17.3 Å². The van der Waals surface area contributed by atoms with Crippen molar-refractivity contribution in [3.05, 3.63) is 0 Å². The van der Waals surface area contributed by atoms with Crippen LogP contribution >= 0.6 is 0 Å². The Hall–Kier alpha value is -0.460. The minimum atomic E-state index is -2.28. The van der Waals surface area contributed by atoms with Crippen LogP contribution in [0, 0.1) is 5.92 Å². The van der Waals surface area contributed by atoms with E-state index in [0.717, 1.165) is 0 Å². The highest BCUT2D eigenvalue weighted by Crippen LogP contribution is 2.14. The second-order valence-corrected chi connectivity index (χ2v) is 2.82. The summed E-state index contributed by atoms with van der Waals surface area (Å²) < 4.78 is 27.1. The van der Waals surface area contributed by atoms with Crippen LogP contribution in [-0.2, 0) is 25.1 Å². The van der Waals surface area contributed by atoms with Crippen LogP contribution in [0.1, 0.15) is 6.42 Å². The molecule has 0 amide bonds. The molecule has 0 aromatic rings. The third kappa shape index (κ3) is 2.57. The summed E-state index contributed by atoms with van der Waals surface area (Å²) in [4.78, 5) is 10.7. The van der Waals surface area contributed by atoms with Gasteiger partial charge in [0.05, 0.1) is 19.1 Å². The van der Waals surface area contributed by atoms with Crippen LogP contribution in [0.3, 0.4) is 0 Å². The van der Waals surface area contributed by atoms with Gasteiger partial charge in [-0.15, -0.1) is 0 Å². The molecule has 1 aliphatic rings. The average molecular weight is 180 g/mol. The zero-order chi connectivity index (χ0) is 8.27. The highest BCUT2D eigenvalue weighted by molar-refractivity contribution is 7.74. The largest absolute Gasteiger partial charge is 0.465 e. The number of carbonyl (C=O) groups excluding carboxylic acids is 1. The van der Waals surface area contributed by atoms with Crippen molar-refractivity contribution in [3.63, 3.8) is 0 Å². The van der Waals surface area contributed by atoms with Gasteiger partial charge >= 0.3 is 17.3 Å². The molecule has 0 aromatic heterocycles. The number of esters is 1. The second kappa shape index (κ2) is 3.80. The maximum atomic E-state index is 10.7. The Kier molecular flexibility index (Phi) is 2.98. The van der Waals surface area contributed by atoms with Crippen LogP contribution < -0.4 is 0 Å². The fourth-order valence-corrected chi connectivity index (χ4v) is 1.11. The topological polar surface area (TPSA) is 72.8 Å². The molecule has 0 radical (unpaired) electrons. The first-order valence-corrected chi connectivity index (χ1v) is 4.14. The number of hydrogen-bond acceptors (Lipinski definition) is 4. The van der Waals surface area contributed by atoms with Crippen molar-refractivity contribution in [2.75, 3.05) is 13.2 Å². The van der Waals surface area contributed by atoms with E-state index in [1.807, 2.05) is 0 Å². The van der Waals surface area contributed by atoms with Crippen molar-refractivity contribution in [2.45, 2.75) is 6.42 Å². The zero-order valence-corrected chi connectivity index (χ0v) is 6.50. The minimum Gasteiger partial charge on any atom is -0.465 e. The lowest BCUT2D eigenvalue weighted by molar-refractivity contribution is -0.141. The Morgan fingerprint density at radius 1 is 1.82 bits per heavy atom. The lowest BCUT2D eigenvalue weighted by Gasteiger charge is -2.01. The van der Waals surface area contributed by atoms with Gasteiger partial charge in [-0.3, -0.25) is 13.5 Å². The summed E-state index contributed by atoms with van der Waals surface area (Å²) >= 11 is -2.28. The second-order valence-electron chi connectivity index (χ2n) is 2.15. The summed E-state index contributed by atoms with van der Waals surface area (Å²) in [5.41, 5.74) is 0. The molecule has 11 heavy (non-hydrogen) atoms. The highest BCUT2D eigenvalue weighted by Gasteiger charge is 2.27. The van der Waals surface area contributed by atoms with Crippen molar-refractivity contribution < 1.29 is 22.5 Å². The number of ether oxygens (including phenoxy) is 1. The van der Waals surface area contributed by atoms with Gasteiger partial charge in [0.15, 0.2) is 0 Å². The van der Waals surface area contributed by atoms with E-state index in [2.05, 4.69) is 8.92 Å². The first-order valence-electron chi connectivity index (χ1n) is 3.11. The van der Waals surface area contributed by atoms with Crippen LogP contribution in [0.5, 0.6) is 0 Å². The highest BCUT2D eigenvalue weighted by atomic mass is 32.2. The molecule has 0 aromatic carbocycles. The van der Waals surface area contributed by atoms with Crippen molar-refractivity contribution in [1.29, 1.82) is 0 Å².